The zero-order valence-electron chi connectivity index (χ0n) is 14.6. The molecule has 0 radical (unpaired) electrons. The lowest BCUT2D eigenvalue weighted by Gasteiger charge is -2.31. The van der Waals surface area contributed by atoms with Gasteiger partial charge in [-0.3, -0.25) is 19.2 Å². The molecule has 1 saturated heterocycles. The number of hydrogen-bond acceptors (Lipinski definition) is 5. The van der Waals surface area contributed by atoms with Crippen LogP contribution in [0.2, 0.25) is 0 Å². The molecular weight excluding hydrogens is 358 g/mol. The Balaban J connectivity index is 1.69. The van der Waals surface area contributed by atoms with Crippen molar-refractivity contribution in [3.8, 4) is 0 Å². The average molecular weight is 381 g/mol. The maximum atomic E-state index is 12.2. The van der Waals surface area contributed by atoms with Crippen LogP contribution in [0.5, 0.6) is 0 Å². The number of carbonyl (C=O) groups is 4. The van der Waals surface area contributed by atoms with Crippen LogP contribution >= 0.6 is 11.3 Å². The molecule has 0 saturated carbocycles. The van der Waals surface area contributed by atoms with Crippen LogP contribution in [0.1, 0.15) is 29.6 Å². The molecule has 1 aliphatic heterocycles. The number of piperidine rings is 1. The monoisotopic (exact) mass is 381 g/mol. The fourth-order valence-electron chi connectivity index (χ4n) is 2.74. The van der Waals surface area contributed by atoms with Crippen LogP contribution in [0.25, 0.3) is 0 Å². The summed E-state index contributed by atoms with van der Waals surface area (Å²) in [5.41, 5.74) is 0.566. The van der Waals surface area contributed by atoms with Crippen molar-refractivity contribution in [1.82, 2.24) is 15.1 Å². The summed E-state index contributed by atoms with van der Waals surface area (Å²) in [5.74, 6) is -1.87. The lowest BCUT2D eigenvalue weighted by molar-refractivity contribution is -0.146. The first-order chi connectivity index (χ1) is 12.4. The third-order valence-corrected chi connectivity index (χ3v) is 5.09. The SMILES string of the molecule is CN(CC(=O)N1CCC(C(=O)O)CC1)C(=O)CCNC(=O)c1ccsc1. The Morgan fingerprint density at radius 1 is 1.31 bits per heavy atom. The number of carboxylic acid groups (broad SMARTS) is 1. The van der Waals surface area contributed by atoms with Crippen molar-refractivity contribution in [2.24, 2.45) is 5.92 Å². The van der Waals surface area contributed by atoms with E-state index in [1.54, 1.807) is 28.8 Å². The number of carboxylic acids is 1. The van der Waals surface area contributed by atoms with Crippen LogP contribution < -0.4 is 5.32 Å². The van der Waals surface area contributed by atoms with Gasteiger partial charge >= 0.3 is 5.97 Å². The van der Waals surface area contributed by atoms with E-state index >= 15 is 0 Å². The van der Waals surface area contributed by atoms with E-state index in [9.17, 15) is 19.2 Å². The number of aliphatic carboxylic acids is 1. The number of hydrogen-bond donors (Lipinski definition) is 2. The minimum Gasteiger partial charge on any atom is -0.481 e. The molecule has 1 aromatic heterocycles. The smallest absolute Gasteiger partial charge is 0.306 e. The normalized spacial score (nSPS) is 14.7. The van der Waals surface area contributed by atoms with Gasteiger partial charge in [0.2, 0.25) is 11.8 Å². The number of carbonyl (C=O) groups excluding carboxylic acids is 3. The summed E-state index contributed by atoms with van der Waals surface area (Å²) in [7, 11) is 1.55. The predicted molar refractivity (Wildman–Crippen MR) is 95.8 cm³/mol. The molecule has 0 aliphatic carbocycles. The molecule has 0 unspecified atom stereocenters. The van der Waals surface area contributed by atoms with Crippen molar-refractivity contribution < 1.29 is 24.3 Å². The number of thiophene rings is 1. The van der Waals surface area contributed by atoms with Crippen molar-refractivity contribution in [2.45, 2.75) is 19.3 Å². The lowest BCUT2D eigenvalue weighted by Crippen LogP contribution is -2.45. The summed E-state index contributed by atoms with van der Waals surface area (Å²) in [5, 5.41) is 15.2. The summed E-state index contributed by atoms with van der Waals surface area (Å²) in [4.78, 5) is 50.0. The molecular formula is C17H23N3O5S. The Hall–Kier alpha value is -2.42. The van der Waals surface area contributed by atoms with E-state index in [0.29, 0.717) is 31.5 Å². The number of nitrogens with zero attached hydrogens (tertiary/aromatic N) is 2. The summed E-state index contributed by atoms with van der Waals surface area (Å²) in [6.45, 7) is 0.953. The lowest BCUT2D eigenvalue weighted by atomic mass is 9.97. The van der Waals surface area contributed by atoms with E-state index in [-0.39, 0.29) is 37.2 Å². The summed E-state index contributed by atoms with van der Waals surface area (Å²) < 4.78 is 0. The van der Waals surface area contributed by atoms with Gasteiger partial charge in [-0.2, -0.15) is 11.3 Å². The van der Waals surface area contributed by atoms with Crippen LogP contribution in [0.15, 0.2) is 16.8 Å². The molecule has 8 nitrogen and oxygen atoms in total. The molecule has 2 N–H and O–H groups in total. The zero-order valence-corrected chi connectivity index (χ0v) is 15.5. The number of amides is 3. The topological polar surface area (TPSA) is 107 Å². The molecule has 0 aromatic carbocycles. The van der Waals surface area contributed by atoms with Gasteiger partial charge in [0, 0.05) is 44.0 Å². The average Bonchev–Trinajstić information content (AvgIpc) is 3.16. The predicted octanol–water partition coefficient (Wildman–Crippen LogP) is 0.650. The second-order valence-corrected chi connectivity index (χ2v) is 7.04. The largest absolute Gasteiger partial charge is 0.481 e. The number of likely N-dealkylation sites (N-methyl/N-ethyl adjacent to an activating group) is 1. The first-order valence-corrected chi connectivity index (χ1v) is 9.37. The zero-order chi connectivity index (χ0) is 19.1. The van der Waals surface area contributed by atoms with Gasteiger partial charge in [-0.15, -0.1) is 0 Å². The fourth-order valence-corrected chi connectivity index (χ4v) is 3.37. The minimum absolute atomic E-state index is 0.0466. The van der Waals surface area contributed by atoms with Crippen molar-refractivity contribution >= 4 is 35.0 Å². The standard InChI is InChI=1S/C17H23N3O5S/c1-19(10-15(22)20-7-3-12(4-8-20)17(24)25)14(21)2-6-18-16(23)13-5-9-26-11-13/h5,9,11-12H,2-4,6-8,10H2,1H3,(H,18,23)(H,24,25). The number of rotatable bonds is 7. The number of nitrogens with one attached hydrogen (secondary N) is 1. The van der Waals surface area contributed by atoms with Crippen molar-refractivity contribution in [2.75, 3.05) is 33.2 Å². The van der Waals surface area contributed by atoms with Crippen LogP contribution in [-0.2, 0) is 14.4 Å². The molecule has 26 heavy (non-hydrogen) atoms. The van der Waals surface area contributed by atoms with E-state index in [4.69, 9.17) is 5.11 Å². The van der Waals surface area contributed by atoms with Gasteiger partial charge in [-0.05, 0) is 24.3 Å². The van der Waals surface area contributed by atoms with Gasteiger partial charge in [0.25, 0.3) is 5.91 Å². The van der Waals surface area contributed by atoms with E-state index in [1.807, 2.05) is 0 Å². The van der Waals surface area contributed by atoms with E-state index in [1.165, 1.54) is 16.2 Å². The summed E-state index contributed by atoms with van der Waals surface area (Å²) in [6, 6.07) is 1.71. The van der Waals surface area contributed by atoms with Gasteiger partial charge in [0.15, 0.2) is 0 Å². The highest BCUT2D eigenvalue weighted by molar-refractivity contribution is 7.08. The van der Waals surface area contributed by atoms with Gasteiger partial charge in [-0.1, -0.05) is 0 Å². The van der Waals surface area contributed by atoms with Crippen molar-refractivity contribution in [3.05, 3.63) is 22.4 Å². The number of likely N-dealkylation sites (tertiary alicyclic amines) is 1. The molecule has 9 heteroatoms. The Bertz CT molecular complexity index is 653. The van der Waals surface area contributed by atoms with Crippen molar-refractivity contribution in [3.63, 3.8) is 0 Å². The van der Waals surface area contributed by atoms with E-state index in [2.05, 4.69) is 5.32 Å². The maximum Gasteiger partial charge on any atom is 0.306 e. The third kappa shape index (κ3) is 5.55. The molecule has 0 atom stereocenters. The van der Waals surface area contributed by atoms with Gasteiger partial charge in [0.05, 0.1) is 12.5 Å². The van der Waals surface area contributed by atoms with Gasteiger partial charge in [0.1, 0.15) is 0 Å². The van der Waals surface area contributed by atoms with Crippen LogP contribution in [0.4, 0.5) is 0 Å². The second kappa shape index (κ2) is 9.33. The first-order valence-electron chi connectivity index (χ1n) is 8.43. The highest BCUT2D eigenvalue weighted by Crippen LogP contribution is 2.17. The van der Waals surface area contributed by atoms with Crippen LogP contribution in [0.3, 0.4) is 0 Å². The fraction of sp³-hybridized carbons (Fsp3) is 0.529. The maximum absolute atomic E-state index is 12.2. The quantitative estimate of drug-likeness (QED) is 0.721. The molecule has 1 aliphatic rings. The highest BCUT2D eigenvalue weighted by Gasteiger charge is 2.27. The Labute approximate surface area is 155 Å². The molecule has 2 rings (SSSR count). The van der Waals surface area contributed by atoms with Crippen molar-refractivity contribution in [1.29, 1.82) is 0 Å². The molecule has 2 heterocycles. The summed E-state index contributed by atoms with van der Waals surface area (Å²) >= 11 is 1.42. The molecule has 0 bridgehead atoms. The minimum atomic E-state index is -0.825. The molecule has 1 fully saturated rings. The Kier molecular flexibility index (Phi) is 7.14. The highest BCUT2D eigenvalue weighted by atomic mass is 32.1. The third-order valence-electron chi connectivity index (χ3n) is 4.40. The second-order valence-electron chi connectivity index (χ2n) is 6.26. The van der Waals surface area contributed by atoms with Crippen LogP contribution in [0, 0.1) is 5.92 Å². The van der Waals surface area contributed by atoms with E-state index in [0.717, 1.165) is 0 Å². The van der Waals surface area contributed by atoms with Gasteiger partial charge < -0.3 is 20.2 Å². The molecule has 142 valence electrons. The van der Waals surface area contributed by atoms with Gasteiger partial charge in [-0.25, -0.2) is 0 Å². The molecule has 3 amide bonds. The Morgan fingerprint density at radius 3 is 2.58 bits per heavy atom. The Morgan fingerprint density at radius 2 is 2.00 bits per heavy atom. The molecule has 1 aromatic rings. The first kappa shape index (κ1) is 19.9. The van der Waals surface area contributed by atoms with Crippen LogP contribution in [-0.4, -0.2) is 71.8 Å². The summed E-state index contributed by atoms with van der Waals surface area (Å²) in [6.07, 6.45) is 0.988. The van der Waals surface area contributed by atoms with E-state index < -0.39 is 11.9 Å². The molecule has 0 spiro atoms.